The van der Waals surface area contributed by atoms with Crippen molar-refractivity contribution in [2.75, 3.05) is 13.2 Å². The first-order chi connectivity index (χ1) is 9.00. The lowest BCUT2D eigenvalue weighted by Gasteiger charge is -2.39. The van der Waals surface area contributed by atoms with Crippen molar-refractivity contribution in [2.24, 2.45) is 5.73 Å². The van der Waals surface area contributed by atoms with Gasteiger partial charge >= 0.3 is 0 Å². The number of hydrogen-bond acceptors (Lipinski definition) is 3. The van der Waals surface area contributed by atoms with E-state index < -0.39 is 6.04 Å². The zero-order valence-electron chi connectivity index (χ0n) is 11.8. The fraction of sp³-hybridized carbons (Fsp3) is 0.533. The van der Waals surface area contributed by atoms with E-state index in [2.05, 4.69) is 19.1 Å². The summed E-state index contributed by atoms with van der Waals surface area (Å²) < 4.78 is 5.88. The standard InChI is InChI=1S/C15H22N2O2/c1-10-6-4-5-7-13(10)14-8-17(11(2)9-19-14)15(18)12(3)16/h4-7,11-12,14H,8-9,16H2,1-3H3/t11?,12-,14?/m0/s1. The Balaban J connectivity index is 2.18. The molecule has 1 amide bonds. The Bertz CT molecular complexity index is 459. The molecule has 0 aromatic heterocycles. The molecular formula is C15H22N2O2. The van der Waals surface area contributed by atoms with Gasteiger partial charge in [-0.15, -0.1) is 0 Å². The van der Waals surface area contributed by atoms with Crippen LogP contribution in [0.4, 0.5) is 0 Å². The van der Waals surface area contributed by atoms with E-state index >= 15 is 0 Å². The van der Waals surface area contributed by atoms with Gasteiger partial charge in [0.05, 0.1) is 25.2 Å². The van der Waals surface area contributed by atoms with Crippen LogP contribution in [0.15, 0.2) is 24.3 Å². The molecular weight excluding hydrogens is 240 g/mol. The summed E-state index contributed by atoms with van der Waals surface area (Å²) >= 11 is 0. The topological polar surface area (TPSA) is 55.6 Å². The number of nitrogens with two attached hydrogens (primary N) is 1. The maximum atomic E-state index is 12.1. The summed E-state index contributed by atoms with van der Waals surface area (Å²) in [5, 5.41) is 0. The fourth-order valence-corrected chi connectivity index (χ4v) is 2.46. The smallest absolute Gasteiger partial charge is 0.239 e. The van der Waals surface area contributed by atoms with Crippen molar-refractivity contribution in [1.29, 1.82) is 0 Å². The van der Waals surface area contributed by atoms with Crippen LogP contribution in [0.2, 0.25) is 0 Å². The Morgan fingerprint density at radius 3 is 2.79 bits per heavy atom. The minimum absolute atomic E-state index is 0.00520. The quantitative estimate of drug-likeness (QED) is 0.881. The van der Waals surface area contributed by atoms with Gasteiger partial charge in [0, 0.05) is 0 Å². The van der Waals surface area contributed by atoms with Gasteiger partial charge in [0.15, 0.2) is 0 Å². The van der Waals surface area contributed by atoms with E-state index in [1.807, 2.05) is 24.0 Å². The second kappa shape index (κ2) is 5.72. The second-order valence-electron chi connectivity index (χ2n) is 5.31. The molecule has 1 aliphatic heterocycles. The summed E-state index contributed by atoms with van der Waals surface area (Å²) in [5.41, 5.74) is 8.05. The highest BCUT2D eigenvalue weighted by atomic mass is 16.5. The van der Waals surface area contributed by atoms with Crippen LogP contribution in [0.3, 0.4) is 0 Å². The number of aryl methyl sites for hydroxylation is 1. The van der Waals surface area contributed by atoms with E-state index in [0.29, 0.717) is 13.2 Å². The number of hydrogen-bond donors (Lipinski definition) is 1. The highest BCUT2D eigenvalue weighted by molar-refractivity contribution is 5.81. The number of nitrogens with zero attached hydrogens (tertiary/aromatic N) is 1. The van der Waals surface area contributed by atoms with Crippen LogP contribution in [-0.2, 0) is 9.53 Å². The maximum absolute atomic E-state index is 12.1. The molecule has 1 aromatic carbocycles. The Kier molecular flexibility index (Phi) is 4.22. The normalized spacial score (nSPS) is 25.2. The van der Waals surface area contributed by atoms with Crippen molar-refractivity contribution < 1.29 is 9.53 Å². The van der Waals surface area contributed by atoms with Crippen molar-refractivity contribution in [3.05, 3.63) is 35.4 Å². The summed E-state index contributed by atoms with van der Waals surface area (Å²) in [6.45, 7) is 6.92. The zero-order valence-corrected chi connectivity index (χ0v) is 11.8. The minimum Gasteiger partial charge on any atom is -0.370 e. The summed E-state index contributed by atoms with van der Waals surface area (Å²) in [6, 6.07) is 7.76. The van der Waals surface area contributed by atoms with E-state index in [9.17, 15) is 4.79 Å². The Morgan fingerprint density at radius 1 is 1.47 bits per heavy atom. The van der Waals surface area contributed by atoms with Gasteiger partial charge < -0.3 is 15.4 Å². The van der Waals surface area contributed by atoms with Gasteiger partial charge in [0.1, 0.15) is 6.10 Å². The third-order valence-corrected chi connectivity index (χ3v) is 3.64. The first-order valence-electron chi connectivity index (χ1n) is 6.74. The lowest BCUT2D eigenvalue weighted by molar-refractivity contribution is -0.145. The molecule has 1 aliphatic rings. The van der Waals surface area contributed by atoms with Crippen molar-refractivity contribution in [1.82, 2.24) is 4.90 Å². The Morgan fingerprint density at radius 2 is 2.16 bits per heavy atom. The van der Waals surface area contributed by atoms with E-state index in [4.69, 9.17) is 10.5 Å². The molecule has 0 aliphatic carbocycles. The van der Waals surface area contributed by atoms with Gasteiger partial charge in [-0.25, -0.2) is 0 Å². The molecule has 2 N–H and O–H groups in total. The minimum atomic E-state index is -0.460. The third-order valence-electron chi connectivity index (χ3n) is 3.64. The summed E-state index contributed by atoms with van der Waals surface area (Å²) in [7, 11) is 0. The molecule has 0 saturated carbocycles. The van der Waals surface area contributed by atoms with Crippen molar-refractivity contribution in [3.63, 3.8) is 0 Å². The first kappa shape index (κ1) is 14.0. The highest BCUT2D eigenvalue weighted by Crippen LogP contribution is 2.27. The van der Waals surface area contributed by atoms with Gasteiger partial charge in [-0.2, -0.15) is 0 Å². The second-order valence-corrected chi connectivity index (χ2v) is 5.31. The number of amides is 1. The van der Waals surface area contributed by atoms with E-state index in [1.54, 1.807) is 6.92 Å². The highest BCUT2D eigenvalue weighted by Gasteiger charge is 2.32. The molecule has 4 nitrogen and oxygen atoms in total. The fourth-order valence-electron chi connectivity index (χ4n) is 2.46. The molecule has 1 heterocycles. The average molecular weight is 262 g/mol. The lowest BCUT2D eigenvalue weighted by Crippen LogP contribution is -2.52. The van der Waals surface area contributed by atoms with Crippen LogP contribution in [0, 0.1) is 6.92 Å². The Hall–Kier alpha value is -1.39. The number of carbonyl (C=O) groups excluding carboxylic acids is 1. The number of benzene rings is 1. The molecule has 0 spiro atoms. The van der Waals surface area contributed by atoms with Gasteiger partial charge in [-0.1, -0.05) is 24.3 Å². The van der Waals surface area contributed by atoms with Crippen LogP contribution in [0.1, 0.15) is 31.1 Å². The van der Waals surface area contributed by atoms with Gasteiger partial charge in [-0.3, -0.25) is 4.79 Å². The molecule has 1 saturated heterocycles. The summed E-state index contributed by atoms with van der Waals surface area (Å²) in [6.07, 6.45) is -0.0555. The van der Waals surface area contributed by atoms with Crippen LogP contribution >= 0.6 is 0 Å². The monoisotopic (exact) mass is 262 g/mol. The van der Waals surface area contributed by atoms with Crippen LogP contribution in [0.5, 0.6) is 0 Å². The zero-order chi connectivity index (χ0) is 14.0. The number of morpholine rings is 1. The van der Waals surface area contributed by atoms with Gasteiger partial charge in [0.2, 0.25) is 5.91 Å². The van der Waals surface area contributed by atoms with E-state index in [-0.39, 0.29) is 18.1 Å². The number of rotatable bonds is 2. The molecule has 104 valence electrons. The van der Waals surface area contributed by atoms with Crippen LogP contribution in [-0.4, -0.2) is 36.0 Å². The molecule has 0 bridgehead atoms. The molecule has 3 atom stereocenters. The van der Waals surface area contributed by atoms with Crippen LogP contribution in [0.25, 0.3) is 0 Å². The molecule has 19 heavy (non-hydrogen) atoms. The Labute approximate surface area is 114 Å². The SMILES string of the molecule is Cc1ccccc1C1CN(C(=O)[C@H](C)N)C(C)CO1. The number of carbonyl (C=O) groups is 1. The average Bonchev–Trinajstić information content (AvgIpc) is 2.39. The number of ether oxygens (including phenoxy) is 1. The van der Waals surface area contributed by atoms with Crippen LogP contribution < -0.4 is 5.73 Å². The molecule has 0 radical (unpaired) electrons. The van der Waals surface area contributed by atoms with Gasteiger partial charge in [0.25, 0.3) is 0 Å². The third kappa shape index (κ3) is 2.96. The predicted octanol–water partition coefficient (Wildman–Crippen LogP) is 1.63. The van der Waals surface area contributed by atoms with Gasteiger partial charge in [-0.05, 0) is 31.9 Å². The largest absolute Gasteiger partial charge is 0.370 e. The summed E-state index contributed by atoms with van der Waals surface area (Å²) in [5.74, 6) is -0.00520. The van der Waals surface area contributed by atoms with Crippen molar-refractivity contribution in [2.45, 2.75) is 39.0 Å². The predicted molar refractivity (Wildman–Crippen MR) is 74.7 cm³/mol. The maximum Gasteiger partial charge on any atom is 0.239 e. The molecule has 4 heteroatoms. The molecule has 1 fully saturated rings. The van der Waals surface area contributed by atoms with E-state index in [1.165, 1.54) is 5.56 Å². The lowest BCUT2D eigenvalue weighted by atomic mass is 10.0. The first-order valence-corrected chi connectivity index (χ1v) is 6.74. The summed E-state index contributed by atoms with van der Waals surface area (Å²) in [4.78, 5) is 14.0. The molecule has 1 aromatic rings. The molecule has 2 rings (SSSR count). The van der Waals surface area contributed by atoms with Crippen molar-refractivity contribution in [3.8, 4) is 0 Å². The molecule has 2 unspecified atom stereocenters. The van der Waals surface area contributed by atoms with Crippen molar-refractivity contribution >= 4 is 5.91 Å². The van der Waals surface area contributed by atoms with E-state index in [0.717, 1.165) is 5.56 Å².